The van der Waals surface area contributed by atoms with E-state index >= 15 is 0 Å². The number of halogens is 3. The van der Waals surface area contributed by atoms with E-state index in [0.29, 0.717) is 27.0 Å². The Balaban J connectivity index is 1.76. The molecule has 2 aromatic rings. The van der Waals surface area contributed by atoms with Crippen molar-refractivity contribution in [1.29, 1.82) is 0 Å². The molecule has 1 aliphatic carbocycles. The van der Waals surface area contributed by atoms with Crippen molar-refractivity contribution in [3.05, 3.63) is 57.0 Å². The third-order valence-corrected chi connectivity index (χ3v) is 9.13. The molecular weight excluding hydrogens is 597 g/mol. The summed E-state index contributed by atoms with van der Waals surface area (Å²) in [6.07, 6.45) is 6.48. The first-order valence-corrected chi connectivity index (χ1v) is 16.2. The molecule has 1 N–H and O–H groups in total. The molecule has 220 valence electrons. The molecule has 0 aromatic heterocycles. The van der Waals surface area contributed by atoms with Crippen LogP contribution in [0.2, 0.25) is 15.1 Å². The molecule has 1 fully saturated rings. The Hall–Kier alpha value is -2.20. The van der Waals surface area contributed by atoms with Gasteiger partial charge in [-0.15, -0.1) is 0 Å². The summed E-state index contributed by atoms with van der Waals surface area (Å²) >= 11 is 18.7. The van der Waals surface area contributed by atoms with E-state index in [0.717, 1.165) is 38.4 Å². The van der Waals surface area contributed by atoms with E-state index in [2.05, 4.69) is 5.32 Å². The summed E-state index contributed by atoms with van der Waals surface area (Å²) in [5.74, 6) is -0.0967. The molecule has 0 aliphatic heterocycles. The van der Waals surface area contributed by atoms with E-state index in [4.69, 9.17) is 39.5 Å². The van der Waals surface area contributed by atoms with Crippen molar-refractivity contribution < 1.29 is 22.7 Å². The molecule has 8 nitrogen and oxygen atoms in total. The average molecular weight is 633 g/mol. The molecule has 0 bridgehead atoms. The summed E-state index contributed by atoms with van der Waals surface area (Å²) in [7, 11) is -2.19. The van der Waals surface area contributed by atoms with Gasteiger partial charge < -0.3 is 15.0 Å². The minimum Gasteiger partial charge on any atom is -0.495 e. The molecular formula is C28H36Cl3N3O5S. The smallest absolute Gasteiger partial charge is 0.242 e. The monoisotopic (exact) mass is 631 g/mol. The van der Waals surface area contributed by atoms with E-state index in [-0.39, 0.29) is 48.8 Å². The van der Waals surface area contributed by atoms with Crippen molar-refractivity contribution in [2.75, 3.05) is 24.2 Å². The average Bonchev–Trinajstić information content (AvgIpc) is 2.90. The van der Waals surface area contributed by atoms with Gasteiger partial charge >= 0.3 is 0 Å². The lowest BCUT2D eigenvalue weighted by molar-refractivity contribution is -0.141. The molecule has 0 spiro atoms. The molecule has 2 aromatic carbocycles. The number of carbonyl (C=O) groups is 2. The van der Waals surface area contributed by atoms with Crippen LogP contribution in [-0.4, -0.2) is 57.1 Å². The number of nitrogens with one attached hydrogen (secondary N) is 1. The van der Waals surface area contributed by atoms with E-state index in [1.807, 2.05) is 0 Å². The van der Waals surface area contributed by atoms with Gasteiger partial charge in [-0.2, -0.15) is 0 Å². The lowest BCUT2D eigenvalue weighted by Gasteiger charge is -2.32. The number of nitrogens with zero attached hydrogens (tertiary/aromatic N) is 2. The first-order chi connectivity index (χ1) is 18.9. The summed E-state index contributed by atoms with van der Waals surface area (Å²) in [5, 5.41) is 4.23. The SMILES string of the molecule is COc1ccc(N(CCCC(=O)N(Cc2ccc(Cl)cc2Cl)C(C)C(=O)NC2CCCCC2)S(C)(=O)=O)cc1Cl. The summed E-state index contributed by atoms with van der Waals surface area (Å²) < 4.78 is 31.5. The highest BCUT2D eigenvalue weighted by molar-refractivity contribution is 7.92. The Morgan fingerprint density at radius 3 is 2.35 bits per heavy atom. The lowest BCUT2D eigenvalue weighted by atomic mass is 9.95. The first-order valence-electron chi connectivity index (χ1n) is 13.3. The van der Waals surface area contributed by atoms with Gasteiger partial charge in [-0.1, -0.05) is 60.1 Å². The Labute approximate surface area is 251 Å². The van der Waals surface area contributed by atoms with Crippen LogP contribution in [0.25, 0.3) is 0 Å². The number of hydrogen-bond acceptors (Lipinski definition) is 5. The van der Waals surface area contributed by atoms with Crippen molar-refractivity contribution in [3.63, 3.8) is 0 Å². The zero-order valence-corrected chi connectivity index (χ0v) is 26.0. The highest BCUT2D eigenvalue weighted by atomic mass is 35.5. The second-order valence-electron chi connectivity index (χ2n) is 10.0. The zero-order chi connectivity index (χ0) is 29.4. The Morgan fingerprint density at radius 1 is 1.05 bits per heavy atom. The summed E-state index contributed by atoms with van der Waals surface area (Å²) in [5.41, 5.74) is 1.02. The van der Waals surface area contributed by atoms with Gasteiger partial charge in [-0.25, -0.2) is 8.42 Å². The molecule has 0 radical (unpaired) electrons. The van der Waals surface area contributed by atoms with Gasteiger partial charge in [0.15, 0.2) is 0 Å². The molecule has 0 saturated heterocycles. The number of sulfonamides is 1. The standard InChI is InChI=1S/C28H36Cl3N3O5S/c1-19(28(36)32-22-8-5-4-6-9-22)33(18-20-11-12-21(29)16-24(20)30)27(35)10-7-15-34(40(3,37)38)23-13-14-26(39-2)25(31)17-23/h11-14,16-17,19,22H,4-10,15,18H2,1-3H3,(H,32,36). The second kappa shape index (κ2) is 14.6. The third kappa shape index (κ3) is 8.90. The number of rotatable bonds is 12. The van der Waals surface area contributed by atoms with E-state index in [1.54, 1.807) is 37.3 Å². The number of carbonyl (C=O) groups excluding carboxylic acids is 2. The normalized spacial score (nSPS) is 14.8. The van der Waals surface area contributed by atoms with E-state index < -0.39 is 16.1 Å². The largest absolute Gasteiger partial charge is 0.495 e. The number of hydrogen-bond donors (Lipinski definition) is 1. The van der Waals surface area contributed by atoms with Crippen LogP contribution in [-0.2, 0) is 26.2 Å². The number of benzene rings is 2. The first kappa shape index (κ1) is 32.3. The van der Waals surface area contributed by atoms with Crippen LogP contribution < -0.4 is 14.4 Å². The number of ether oxygens (including phenoxy) is 1. The summed E-state index contributed by atoms with van der Waals surface area (Å²) in [6, 6.07) is 9.04. The fourth-order valence-corrected chi connectivity index (χ4v) is 6.48. The second-order valence-corrected chi connectivity index (χ2v) is 13.2. The van der Waals surface area contributed by atoms with Crippen molar-refractivity contribution >= 4 is 62.3 Å². The predicted octanol–water partition coefficient (Wildman–Crippen LogP) is 6.07. The van der Waals surface area contributed by atoms with Crippen LogP contribution >= 0.6 is 34.8 Å². The molecule has 1 unspecified atom stereocenters. The van der Waals surface area contributed by atoms with Crippen molar-refractivity contribution in [2.24, 2.45) is 0 Å². The maximum Gasteiger partial charge on any atom is 0.242 e. The maximum atomic E-state index is 13.5. The van der Waals surface area contributed by atoms with Gasteiger partial charge in [0, 0.05) is 35.6 Å². The van der Waals surface area contributed by atoms with E-state index in [9.17, 15) is 18.0 Å². The van der Waals surface area contributed by atoms with Crippen LogP contribution in [0.4, 0.5) is 5.69 Å². The molecule has 1 aliphatic rings. The van der Waals surface area contributed by atoms with Crippen molar-refractivity contribution in [3.8, 4) is 5.75 Å². The fourth-order valence-electron chi connectivity index (χ4n) is 4.80. The fraction of sp³-hybridized carbons (Fsp3) is 0.500. The summed E-state index contributed by atoms with van der Waals surface area (Å²) in [6.45, 7) is 1.85. The topological polar surface area (TPSA) is 96.0 Å². The maximum absolute atomic E-state index is 13.5. The lowest BCUT2D eigenvalue weighted by Crippen LogP contribution is -2.50. The highest BCUT2D eigenvalue weighted by Gasteiger charge is 2.29. The van der Waals surface area contributed by atoms with Gasteiger partial charge in [0.1, 0.15) is 11.8 Å². The predicted molar refractivity (Wildman–Crippen MR) is 161 cm³/mol. The van der Waals surface area contributed by atoms with Gasteiger partial charge in [-0.3, -0.25) is 13.9 Å². The number of amides is 2. The zero-order valence-electron chi connectivity index (χ0n) is 23.0. The Morgan fingerprint density at radius 2 is 1.75 bits per heavy atom. The molecule has 1 saturated carbocycles. The van der Waals surface area contributed by atoms with Gasteiger partial charge in [0.25, 0.3) is 0 Å². The molecule has 0 heterocycles. The van der Waals surface area contributed by atoms with Gasteiger partial charge in [0.2, 0.25) is 21.8 Å². The van der Waals surface area contributed by atoms with Crippen molar-refractivity contribution in [1.82, 2.24) is 10.2 Å². The van der Waals surface area contributed by atoms with Crippen LogP contribution in [0.15, 0.2) is 36.4 Å². The molecule has 1 atom stereocenters. The number of methoxy groups -OCH3 is 1. The number of anilines is 1. The van der Waals surface area contributed by atoms with Gasteiger partial charge in [-0.05, 0) is 62.1 Å². The summed E-state index contributed by atoms with van der Waals surface area (Å²) in [4.78, 5) is 28.2. The van der Waals surface area contributed by atoms with E-state index in [1.165, 1.54) is 22.4 Å². The minimum absolute atomic E-state index is 0.0160. The van der Waals surface area contributed by atoms with Crippen LogP contribution in [0.1, 0.15) is 57.4 Å². The Kier molecular flexibility index (Phi) is 11.8. The Bertz CT molecular complexity index is 1300. The molecule has 12 heteroatoms. The third-order valence-electron chi connectivity index (χ3n) is 7.05. The molecule has 40 heavy (non-hydrogen) atoms. The highest BCUT2D eigenvalue weighted by Crippen LogP contribution is 2.30. The molecule has 3 rings (SSSR count). The van der Waals surface area contributed by atoms with Gasteiger partial charge in [0.05, 0.1) is 24.1 Å². The van der Waals surface area contributed by atoms with Crippen molar-refractivity contribution in [2.45, 2.75) is 70.5 Å². The van der Waals surface area contributed by atoms with Crippen LogP contribution in [0.3, 0.4) is 0 Å². The molecule has 2 amide bonds. The van der Waals surface area contributed by atoms with Crippen LogP contribution in [0.5, 0.6) is 5.75 Å². The quantitative estimate of drug-likeness (QED) is 0.307. The minimum atomic E-state index is -3.66. The van der Waals surface area contributed by atoms with Crippen LogP contribution in [0, 0.1) is 0 Å².